The summed E-state index contributed by atoms with van der Waals surface area (Å²) in [6, 6.07) is 0.0942. The maximum Gasteiger partial charge on any atom is 0.214 e. The number of nitrogens with one attached hydrogen (secondary N) is 1. The van der Waals surface area contributed by atoms with Crippen LogP contribution in [-0.2, 0) is 10.0 Å². The minimum Gasteiger partial charge on any atom is -0.317 e. The number of hydrogen-bond donors (Lipinski definition) is 1. The van der Waals surface area contributed by atoms with Crippen LogP contribution in [0.15, 0.2) is 0 Å². The first kappa shape index (κ1) is 15.9. The van der Waals surface area contributed by atoms with Gasteiger partial charge >= 0.3 is 0 Å². The number of nitrogens with zero attached hydrogens (tertiary/aromatic N) is 1. The van der Waals surface area contributed by atoms with Crippen LogP contribution in [0.4, 0.5) is 0 Å². The van der Waals surface area contributed by atoms with Gasteiger partial charge in [0.15, 0.2) is 0 Å². The third-order valence-corrected chi connectivity index (χ3v) is 5.91. The van der Waals surface area contributed by atoms with Crippen molar-refractivity contribution < 1.29 is 8.42 Å². The molecule has 0 radical (unpaired) electrons. The smallest absolute Gasteiger partial charge is 0.214 e. The second kappa shape index (κ2) is 6.87. The molecule has 5 heteroatoms. The summed E-state index contributed by atoms with van der Waals surface area (Å²) in [5.41, 5.74) is 0. The van der Waals surface area contributed by atoms with Gasteiger partial charge in [-0.1, -0.05) is 13.8 Å². The van der Waals surface area contributed by atoms with Gasteiger partial charge in [-0.25, -0.2) is 12.7 Å². The van der Waals surface area contributed by atoms with Crippen molar-refractivity contribution in [3.8, 4) is 0 Å². The molecule has 0 bridgehead atoms. The van der Waals surface area contributed by atoms with Crippen molar-refractivity contribution in [1.29, 1.82) is 0 Å². The summed E-state index contributed by atoms with van der Waals surface area (Å²) in [4.78, 5) is 0. The van der Waals surface area contributed by atoms with Gasteiger partial charge in [0.2, 0.25) is 10.0 Å². The number of piperidine rings is 1. The first-order chi connectivity index (χ1) is 8.33. The fourth-order valence-corrected chi connectivity index (χ4v) is 4.37. The molecule has 1 aliphatic rings. The molecular weight excluding hydrogens is 248 g/mol. The van der Waals surface area contributed by atoms with Gasteiger partial charge in [-0.15, -0.1) is 0 Å². The van der Waals surface area contributed by atoms with Crippen molar-refractivity contribution in [1.82, 2.24) is 9.62 Å². The predicted molar refractivity (Wildman–Crippen MR) is 76.1 cm³/mol. The summed E-state index contributed by atoms with van der Waals surface area (Å²) in [5.74, 6) is 1.16. The summed E-state index contributed by atoms with van der Waals surface area (Å²) in [6.07, 6.45) is 2.87. The maximum absolute atomic E-state index is 12.3. The number of sulfonamides is 1. The van der Waals surface area contributed by atoms with E-state index >= 15 is 0 Å². The molecule has 0 saturated carbocycles. The lowest BCUT2D eigenvalue weighted by atomic mass is 10.0. The molecule has 4 nitrogen and oxygen atoms in total. The Bertz CT molecular complexity index is 335. The summed E-state index contributed by atoms with van der Waals surface area (Å²) >= 11 is 0. The summed E-state index contributed by atoms with van der Waals surface area (Å²) in [6.45, 7) is 8.16. The molecule has 0 spiro atoms. The molecule has 1 fully saturated rings. The van der Waals surface area contributed by atoms with Crippen molar-refractivity contribution >= 4 is 10.0 Å². The van der Waals surface area contributed by atoms with Crippen molar-refractivity contribution in [2.75, 3.05) is 25.9 Å². The van der Waals surface area contributed by atoms with Gasteiger partial charge in [0.05, 0.1) is 5.75 Å². The molecule has 1 rings (SSSR count). The van der Waals surface area contributed by atoms with Crippen LogP contribution < -0.4 is 5.32 Å². The first-order valence-corrected chi connectivity index (χ1v) is 8.60. The molecule has 1 unspecified atom stereocenters. The fourth-order valence-electron chi connectivity index (χ4n) is 2.57. The quantitative estimate of drug-likeness (QED) is 0.803. The van der Waals surface area contributed by atoms with Gasteiger partial charge in [-0.2, -0.15) is 0 Å². The van der Waals surface area contributed by atoms with E-state index in [2.05, 4.69) is 19.2 Å². The minimum atomic E-state index is -3.10. The Balaban J connectivity index is 2.55. The Morgan fingerprint density at radius 1 is 1.22 bits per heavy atom. The zero-order valence-electron chi connectivity index (χ0n) is 12.1. The summed E-state index contributed by atoms with van der Waals surface area (Å²) < 4.78 is 26.2. The molecule has 18 heavy (non-hydrogen) atoms. The molecule has 1 aliphatic heterocycles. The predicted octanol–water partition coefficient (Wildman–Crippen LogP) is 1.68. The highest BCUT2D eigenvalue weighted by molar-refractivity contribution is 7.89. The molecule has 0 aliphatic carbocycles. The molecule has 1 heterocycles. The van der Waals surface area contributed by atoms with E-state index in [1.165, 1.54) is 0 Å². The van der Waals surface area contributed by atoms with E-state index in [0.29, 0.717) is 17.6 Å². The van der Waals surface area contributed by atoms with E-state index in [9.17, 15) is 8.42 Å². The van der Waals surface area contributed by atoms with Crippen LogP contribution in [0.5, 0.6) is 0 Å². The van der Waals surface area contributed by atoms with E-state index in [1.807, 2.05) is 6.92 Å². The Morgan fingerprint density at radius 2 is 1.78 bits per heavy atom. The molecule has 0 aromatic carbocycles. The van der Waals surface area contributed by atoms with Gasteiger partial charge in [0.25, 0.3) is 0 Å². The van der Waals surface area contributed by atoms with Crippen molar-refractivity contribution in [2.24, 2.45) is 11.8 Å². The summed E-state index contributed by atoms with van der Waals surface area (Å²) in [5, 5.41) is 3.27. The topological polar surface area (TPSA) is 49.4 Å². The third kappa shape index (κ3) is 4.86. The average molecular weight is 276 g/mol. The number of hydrogen-bond acceptors (Lipinski definition) is 3. The molecule has 108 valence electrons. The standard InChI is InChI=1S/C13H28N2O2S/c1-11(2)9-12(3)15(4)18(16,17)10-13-5-7-14-8-6-13/h11-14H,5-10H2,1-4H3. The monoisotopic (exact) mass is 276 g/mol. The minimum absolute atomic E-state index is 0.0942. The first-order valence-electron chi connectivity index (χ1n) is 6.99. The van der Waals surface area contributed by atoms with Crippen LogP contribution in [0, 0.1) is 11.8 Å². The third-order valence-electron chi connectivity index (χ3n) is 3.78. The second-order valence-electron chi connectivity index (χ2n) is 5.97. The van der Waals surface area contributed by atoms with Crippen LogP contribution in [0.3, 0.4) is 0 Å². The van der Waals surface area contributed by atoms with Gasteiger partial charge in [0.1, 0.15) is 0 Å². The highest BCUT2D eigenvalue weighted by atomic mass is 32.2. The lowest BCUT2D eigenvalue weighted by molar-refractivity contribution is 0.329. The lowest BCUT2D eigenvalue weighted by Crippen LogP contribution is -2.40. The zero-order chi connectivity index (χ0) is 13.8. The molecule has 1 N–H and O–H groups in total. The number of rotatable bonds is 6. The maximum atomic E-state index is 12.3. The highest BCUT2D eigenvalue weighted by Crippen LogP contribution is 2.19. The van der Waals surface area contributed by atoms with Crippen LogP contribution in [0.2, 0.25) is 0 Å². The Morgan fingerprint density at radius 3 is 2.28 bits per heavy atom. The Labute approximate surface area is 112 Å². The fraction of sp³-hybridized carbons (Fsp3) is 1.00. The SMILES string of the molecule is CC(C)CC(C)N(C)S(=O)(=O)CC1CCNCC1. The second-order valence-corrected chi connectivity index (χ2v) is 8.04. The largest absolute Gasteiger partial charge is 0.317 e. The van der Waals surface area contributed by atoms with Crippen molar-refractivity contribution in [3.63, 3.8) is 0 Å². The van der Waals surface area contributed by atoms with Crippen LogP contribution >= 0.6 is 0 Å². The molecule has 0 aromatic rings. The van der Waals surface area contributed by atoms with Crippen molar-refractivity contribution in [3.05, 3.63) is 0 Å². The molecule has 1 saturated heterocycles. The van der Waals surface area contributed by atoms with Crippen molar-refractivity contribution in [2.45, 2.75) is 46.1 Å². The Hall–Kier alpha value is -0.130. The van der Waals surface area contributed by atoms with E-state index in [4.69, 9.17) is 0 Å². The summed E-state index contributed by atoms with van der Waals surface area (Å²) in [7, 11) is -1.37. The van der Waals surface area contributed by atoms with Gasteiger partial charge in [-0.05, 0) is 51.1 Å². The van der Waals surface area contributed by atoms with Gasteiger partial charge < -0.3 is 5.32 Å². The van der Waals surface area contributed by atoms with Gasteiger partial charge in [-0.3, -0.25) is 0 Å². The molecule has 0 aromatic heterocycles. The van der Waals surface area contributed by atoms with E-state index in [-0.39, 0.29) is 6.04 Å². The van der Waals surface area contributed by atoms with E-state index < -0.39 is 10.0 Å². The van der Waals surface area contributed by atoms with E-state index in [0.717, 1.165) is 32.4 Å². The average Bonchev–Trinajstić information content (AvgIpc) is 2.27. The highest BCUT2D eigenvalue weighted by Gasteiger charge is 2.27. The Kier molecular flexibility index (Phi) is 6.08. The molecule has 0 amide bonds. The van der Waals surface area contributed by atoms with E-state index in [1.54, 1.807) is 11.4 Å². The van der Waals surface area contributed by atoms with Crippen LogP contribution in [-0.4, -0.2) is 44.7 Å². The lowest BCUT2D eigenvalue weighted by Gasteiger charge is -2.29. The van der Waals surface area contributed by atoms with Crippen LogP contribution in [0.25, 0.3) is 0 Å². The van der Waals surface area contributed by atoms with Gasteiger partial charge in [0, 0.05) is 13.1 Å². The normalized spacial score (nSPS) is 20.6. The zero-order valence-corrected chi connectivity index (χ0v) is 13.0. The molecule has 1 atom stereocenters. The molecular formula is C13H28N2O2S. The van der Waals surface area contributed by atoms with Crippen LogP contribution in [0.1, 0.15) is 40.0 Å².